The molecule has 0 fully saturated rings. The number of nitrogens with zero attached hydrogens (tertiary/aromatic N) is 3. The molecular formula is C10H8FN3. The molecular weight excluding hydrogens is 181 g/mol. The highest BCUT2D eigenvalue weighted by atomic mass is 19.1. The van der Waals surface area contributed by atoms with Gasteiger partial charge in [0.15, 0.2) is 0 Å². The molecule has 4 heteroatoms. The molecule has 0 saturated heterocycles. The van der Waals surface area contributed by atoms with Gasteiger partial charge in [-0.1, -0.05) is 6.58 Å². The average molecular weight is 189 g/mol. The third-order valence-corrected chi connectivity index (χ3v) is 1.84. The van der Waals surface area contributed by atoms with Crippen molar-refractivity contribution in [1.82, 2.24) is 14.5 Å². The number of imidazole rings is 1. The lowest BCUT2D eigenvalue weighted by Crippen LogP contribution is -1.83. The topological polar surface area (TPSA) is 30.7 Å². The van der Waals surface area contributed by atoms with E-state index in [0.717, 1.165) is 11.3 Å². The van der Waals surface area contributed by atoms with Crippen molar-refractivity contribution >= 4 is 6.20 Å². The minimum atomic E-state index is -0.489. The molecule has 0 bridgehead atoms. The number of halogens is 1. The van der Waals surface area contributed by atoms with Crippen LogP contribution < -0.4 is 0 Å². The van der Waals surface area contributed by atoms with Gasteiger partial charge < -0.3 is 4.57 Å². The highest BCUT2D eigenvalue weighted by Gasteiger charge is 2.01. The van der Waals surface area contributed by atoms with Gasteiger partial charge in [-0.15, -0.1) is 0 Å². The molecule has 0 aliphatic rings. The van der Waals surface area contributed by atoms with Crippen molar-refractivity contribution in [2.24, 2.45) is 0 Å². The van der Waals surface area contributed by atoms with E-state index >= 15 is 0 Å². The molecule has 0 radical (unpaired) electrons. The number of aromatic nitrogens is 3. The second kappa shape index (κ2) is 3.41. The summed E-state index contributed by atoms with van der Waals surface area (Å²) in [4.78, 5) is 7.67. The maximum atomic E-state index is 12.5. The summed E-state index contributed by atoms with van der Waals surface area (Å²) >= 11 is 0. The summed E-state index contributed by atoms with van der Waals surface area (Å²) in [5.41, 5.74) is 1.53. The molecule has 14 heavy (non-hydrogen) atoms. The van der Waals surface area contributed by atoms with Gasteiger partial charge in [0.2, 0.25) is 5.95 Å². The molecule has 0 amide bonds. The Morgan fingerprint density at radius 2 is 2.21 bits per heavy atom. The maximum absolute atomic E-state index is 12.5. The summed E-state index contributed by atoms with van der Waals surface area (Å²) in [7, 11) is 0. The van der Waals surface area contributed by atoms with Gasteiger partial charge in [-0.05, 0) is 12.1 Å². The molecule has 2 rings (SSSR count). The van der Waals surface area contributed by atoms with Crippen molar-refractivity contribution in [2.75, 3.05) is 0 Å². The zero-order chi connectivity index (χ0) is 9.97. The predicted molar refractivity (Wildman–Crippen MR) is 51.8 cm³/mol. The summed E-state index contributed by atoms with van der Waals surface area (Å²) in [5.74, 6) is -0.489. The molecule has 0 spiro atoms. The summed E-state index contributed by atoms with van der Waals surface area (Å²) < 4.78 is 14.2. The van der Waals surface area contributed by atoms with E-state index in [2.05, 4.69) is 16.5 Å². The van der Waals surface area contributed by atoms with Crippen LogP contribution in [0.25, 0.3) is 17.5 Å². The lowest BCUT2D eigenvalue weighted by molar-refractivity contribution is 0.584. The summed E-state index contributed by atoms with van der Waals surface area (Å²) in [6.07, 6.45) is 6.51. The molecule has 70 valence electrons. The van der Waals surface area contributed by atoms with Gasteiger partial charge in [-0.3, -0.25) is 0 Å². The van der Waals surface area contributed by atoms with Crippen LogP contribution in [-0.4, -0.2) is 14.5 Å². The molecule has 0 unspecified atom stereocenters. The first kappa shape index (κ1) is 8.62. The molecule has 0 aliphatic carbocycles. The van der Waals surface area contributed by atoms with Crippen LogP contribution in [-0.2, 0) is 0 Å². The SMILES string of the molecule is C=Cn1cnc(-c2ccc(F)nc2)c1. The Bertz CT molecular complexity index is 445. The summed E-state index contributed by atoms with van der Waals surface area (Å²) in [6, 6.07) is 2.94. The number of hydrogen-bond donors (Lipinski definition) is 0. The number of rotatable bonds is 2. The quantitative estimate of drug-likeness (QED) is 0.678. The van der Waals surface area contributed by atoms with Crippen LogP contribution >= 0.6 is 0 Å². The van der Waals surface area contributed by atoms with Crippen molar-refractivity contribution in [1.29, 1.82) is 0 Å². The van der Waals surface area contributed by atoms with Crippen molar-refractivity contribution < 1.29 is 4.39 Å². The van der Waals surface area contributed by atoms with E-state index in [1.807, 2.05) is 0 Å². The fraction of sp³-hybridized carbons (Fsp3) is 0. The van der Waals surface area contributed by atoms with E-state index in [0.29, 0.717) is 0 Å². The minimum absolute atomic E-state index is 0.489. The predicted octanol–water partition coefficient (Wildman–Crippen LogP) is 2.18. The van der Waals surface area contributed by atoms with Gasteiger partial charge in [0.25, 0.3) is 0 Å². The van der Waals surface area contributed by atoms with Crippen molar-refractivity contribution in [3.63, 3.8) is 0 Å². The van der Waals surface area contributed by atoms with Crippen LogP contribution in [0.4, 0.5) is 4.39 Å². The van der Waals surface area contributed by atoms with Crippen molar-refractivity contribution in [3.05, 3.63) is 43.4 Å². The van der Waals surface area contributed by atoms with E-state index in [4.69, 9.17) is 0 Å². The zero-order valence-corrected chi connectivity index (χ0v) is 7.39. The highest BCUT2D eigenvalue weighted by Crippen LogP contribution is 2.15. The second-order valence-electron chi connectivity index (χ2n) is 2.76. The first-order valence-corrected chi connectivity index (χ1v) is 4.07. The van der Waals surface area contributed by atoms with Crippen molar-refractivity contribution in [2.45, 2.75) is 0 Å². The molecule has 2 heterocycles. The Labute approximate surface area is 80.6 Å². The van der Waals surface area contributed by atoms with Crippen LogP contribution in [0.3, 0.4) is 0 Å². The van der Waals surface area contributed by atoms with Crippen molar-refractivity contribution in [3.8, 4) is 11.3 Å². The van der Waals surface area contributed by atoms with E-state index in [9.17, 15) is 4.39 Å². The number of pyridine rings is 1. The van der Waals surface area contributed by atoms with Crippen LogP contribution in [0.5, 0.6) is 0 Å². The molecule has 2 aromatic rings. The van der Waals surface area contributed by atoms with Crippen LogP contribution in [0.15, 0.2) is 37.4 Å². The Balaban J connectivity index is 2.39. The highest BCUT2D eigenvalue weighted by molar-refractivity contribution is 5.57. The fourth-order valence-electron chi connectivity index (χ4n) is 1.11. The summed E-state index contributed by atoms with van der Waals surface area (Å²) in [6.45, 7) is 3.60. The van der Waals surface area contributed by atoms with E-state index in [1.165, 1.54) is 12.3 Å². The average Bonchev–Trinajstić information content (AvgIpc) is 2.67. The lowest BCUT2D eigenvalue weighted by Gasteiger charge is -1.94. The Morgan fingerprint density at radius 3 is 2.79 bits per heavy atom. The van der Waals surface area contributed by atoms with E-state index < -0.39 is 5.95 Å². The van der Waals surface area contributed by atoms with E-state index in [-0.39, 0.29) is 0 Å². The van der Waals surface area contributed by atoms with Gasteiger partial charge in [0.05, 0.1) is 12.0 Å². The fourth-order valence-corrected chi connectivity index (χ4v) is 1.11. The van der Waals surface area contributed by atoms with Crippen LogP contribution in [0, 0.1) is 5.95 Å². The van der Waals surface area contributed by atoms with Gasteiger partial charge in [-0.25, -0.2) is 9.97 Å². The first-order chi connectivity index (χ1) is 6.79. The normalized spacial score (nSPS) is 10.1. The van der Waals surface area contributed by atoms with Crippen LogP contribution in [0.1, 0.15) is 0 Å². The van der Waals surface area contributed by atoms with Gasteiger partial charge in [-0.2, -0.15) is 4.39 Å². The van der Waals surface area contributed by atoms with E-state index in [1.54, 1.807) is 29.4 Å². The monoisotopic (exact) mass is 189 g/mol. The van der Waals surface area contributed by atoms with Gasteiger partial charge in [0, 0.05) is 24.2 Å². The minimum Gasteiger partial charge on any atom is -0.313 e. The van der Waals surface area contributed by atoms with Gasteiger partial charge in [0.1, 0.15) is 0 Å². The summed E-state index contributed by atoms with van der Waals surface area (Å²) in [5, 5.41) is 0. The van der Waals surface area contributed by atoms with Gasteiger partial charge >= 0.3 is 0 Å². The molecule has 2 aromatic heterocycles. The molecule has 3 nitrogen and oxygen atoms in total. The molecule has 0 atom stereocenters. The zero-order valence-electron chi connectivity index (χ0n) is 7.39. The Morgan fingerprint density at radius 1 is 1.36 bits per heavy atom. The third kappa shape index (κ3) is 1.54. The molecule has 0 aromatic carbocycles. The maximum Gasteiger partial charge on any atom is 0.212 e. The lowest BCUT2D eigenvalue weighted by atomic mass is 10.2. The Kier molecular flexibility index (Phi) is 2.10. The standard InChI is InChI=1S/C10H8FN3/c1-2-14-6-9(13-7-14)8-3-4-10(11)12-5-8/h2-7H,1H2. The largest absolute Gasteiger partial charge is 0.313 e. The van der Waals surface area contributed by atoms with Crippen LogP contribution in [0.2, 0.25) is 0 Å². The third-order valence-electron chi connectivity index (χ3n) is 1.84. The first-order valence-electron chi connectivity index (χ1n) is 4.07. The molecule has 0 saturated carbocycles. The smallest absolute Gasteiger partial charge is 0.212 e. The molecule has 0 aliphatic heterocycles. The Hall–Kier alpha value is -1.97. The number of hydrogen-bond acceptors (Lipinski definition) is 2. The molecule has 0 N–H and O–H groups in total. The second-order valence-corrected chi connectivity index (χ2v) is 2.76.